The van der Waals surface area contributed by atoms with Crippen molar-refractivity contribution in [2.45, 2.75) is 12.8 Å². The minimum Gasteiger partial charge on any atom is -0.495 e. The van der Waals surface area contributed by atoms with E-state index in [4.69, 9.17) is 21.1 Å². The van der Waals surface area contributed by atoms with Gasteiger partial charge in [0.25, 0.3) is 5.91 Å². The van der Waals surface area contributed by atoms with E-state index < -0.39 is 0 Å². The fraction of sp³-hybridized carbons (Fsp3) is 0.467. The molecule has 114 valence electrons. The molecule has 1 aliphatic heterocycles. The lowest BCUT2D eigenvalue weighted by Gasteiger charge is -2.30. The van der Waals surface area contributed by atoms with Crippen molar-refractivity contribution in [3.05, 3.63) is 28.8 Å². The number of carbonyl (C=O) groups excluding carboxylic acids is 2. The predicted molar refractivity (Wildman–Crippen MR) is 78.6 cm³/mol. The standard InChI is InChI=1S/C15H18ClNO4/c1-20-13-4-3-11(9-12(13)16)14(18)17-7-5-10(6-8-17)15(19)21-2/h3-4,9-10H,5-8H2,1-2H3. The third-order valence-electron chi connectivity index (χ3n) is 3.72. The average Bonchev–Trinajstić information content (AvgIpc) is 2.53. The number of amides is 1. The van der Waals surface area contributed by atoms with E-state index in [1.54, 1.807) is 23.1 Å². The number of hydrogen-bond donors (Lipinski definition) is 0. The van der Waals surface area contributed by atoms with Crippen molar-refractivity contribution < 1.29 is 19.1 Å². The summed E-state index contributed by atoms with van der Waals surface area (Å²) in [7, 11) is 2.92. The smallest absolute Gasteiger partial charge is 0.308 e. The van der Waals surface area contributed by atoms with Gasteiger partial charge in [-0.3, -0.25) is 9.59 Å². The number of methoxy groups -OCH3 is 2. The summed E-state index contributed by atoms with van der Waals surface area (Å²) in [4.78, 5) is 25.6. The first-order valence-corrected chi connectivity index (χ1v) is 7.15. The molecule has 0 bridgehead atoms. The number of carbonyl (C=O) groups is 2. The summed E-state index contributed by atoms with van der Waals surface area (Å²) in [5, 5.41) is 0.410. The second-order valence-electron chi connectivity index (χ2n) is 4.94. The van der Waals surface area contributed by atoms with Crippen LogP contribution in [0.25, 0.3) is 0 Å². The van der Waals surface area contributed by atoms with Crippen LogP contribution in [0.3, 0.4) is 0 Å². The van der Waals surface area contributed by atoms with Crippen molar-refractivity contribution in [1.29, 1.82) is 0 Å². The molecular weight excluding hydrogens is 294 g/mol. The maximum absolute atomic E-state index is 12.4. The Morgan fingerprint density at radius 2 is 1.90 bits per heavy atom. The second-order valence-corrected chi connectivity index (χ2v) is 5.35. The highest BCUT2D eigenvalue weighted by molar-refractivity contribution is 6.32. The molecule has 6 heteroatoms. The van der Waals surface area contributed by atoms with E-state index in [2.05, 4.69) is 0 Å². The molecule has 0 saturated carbocycles. The van der Waals surface area contributed by atoms with Gasteiger partial charge in [-0.2, -0.15) is 0 Å². The first-order chi connectivity index (χ1) is 10.1. The van der Waals surface area contributed by atoms with Gasteiger partial charge >= 0.3 is 5.97 Å². The van der Waals surface area contributed by atoms with Crippen LogP contribution in [0, 0.1) is 5.92 Å². The third-order valence-corrected chi connectivity index (χ3v) is 4.01. The summed E-state index contributed by atoms with van der Waals surface area (Å²) in [6, 6.07) is 4.98. The van der Waals surface area contributed by atoms with Crippen molar-refractivity contribution >= 4 is 23.5 Å². The predicted octanol–water partition coefficient (Wildman–Crippen LogP) is 2.37. The van der Waals surface area contributed by atoms with E-state index in [1.165, 1.54) is 14.2 Å². The van der Waals surface area contributed by atoms with Crippen LogP contribution < -0.4 is 4.74 Å². The number of halogens is 1. The number of nitrogens with zero attached hydrogens (tertiary/aromatic N) is 1. The van der Waals surface area contributed by atoms with Crippen LogP contribution in [-0.4, -0.2) is 44.1 Å². The lowest BCUT2D eigenvalue weighted by molar-refractivity contribution is -0.146. The number of piperidine rings is 1. The molecular formula is C15H18ClNO4. The molecule has 1 aromatic rings. The Morgan fingerprint density at radius 1 is 1.24 bits per heavy atom. The molecule has 1 amide bonds. The molecule has 0 radical (unpaired) electrons. The molecule has 1 fully saturated rings. The van der Waals surface area contributed by atoms with E-state index in [0.717, 1.165) is 0 Å². The van der Waals surface area contributed by atoms with Gasteiger partial charge < -0.3 is 14.4 Å². The first kappa shape index (κ1) is 15.6. The molecule has 1 heterocycles. The van der Waals surface area contributed by atoms with Gasteiger partial charge in [0.1, 0.15) is 5.75 Å². The van der Waals surface area contributed by atoms with E-state index in [-0.39, 0.29) is 17.8 Å². The van der Waals surface area contributed by atoms with Crippen molar-refractivity contribution in [2.24, 2.45) is 5.92 Å². The molecule has 1 saturated heterocycles. The highest BCUT2D eigenvalue weighted by Crippen LogP contribution is 2.26. The minimum atomic E-state index is -0.199. The van der Waals surface area contributed by atoms with E-state index in [0.29, 0.717) is 42.3 Å². The summed E-state index contributed by atoms with van der Waals surface area (Å²) in [6.07, 6.45) is 1.25. The number of likely N-dealkylation sites (tertiary alicyclic amines) is 1. The Morgan fingerprint density at radius 3 is 2.43 bits per heavy atom. The van der Waals surface area contributed by atoms with Gasteiger partial charge in [-0.1, -0.05) is 11.6 Å². The topological polar surface area (TPSA) is 55.8 Å². The van der Waals surface area contributed by atoms with Crippen molar-refractivity contribution in [1.82, 2.24) is 4.90 Å². The molecule has 5 nitrogen and oxygen atoms in total. The molecule has 0 aliphatic carbocycles. The summed E-state index contributed by atoms with van der Waals surface area (Å²) in [6.45, 7) is 1.09. The highest BCUT2D eigenvalue weighted by Gasteiger charge is 2.28. The molecule has 1 aromatic carbocycles. The fourth-order valence-corrected chi connectivity index (χ4v) is 2.72. The SMILES string of the molecule is COC(=O)C1CCN(C(=O)c2ccc(OC)c(Cl)c2)CC1. The maximum atomic E-state index is 12.4. The van der Waals surface area contributed by atoms with Crippen LogP contribution in [-0.2, 0) is 9.53 Å². The molecule has 0 atom stereocenters. The molecule has 21 heavy (non-hydrogen) atoms. The zero-order valence-corrected chi connectivity index (χ0v) is 12.9. The van der Waals surface area contributed by atoms with Crippen LogP contribution in [0.2, 0.25) is 5.02 Å². The molecule has 0 N–H and O–H groups in total. The molecule has 2 rings (SSSR count). The number of rotatable bonds is 3. The normalized spacial score (nSPS) is 15.7. The molecule has 0 aromatic heterocycles. The maximum Gasteiger partial charge on any atom is 0.308 e. The summed E-state index contributed by atoms with van der Waals surface area (Å²) >= 11 is 6.04. The van der Waals surface area contributed by atoms with Gasteiger partial charge in [-0.25, -0.2) is 0 Å². The van der Waals surface area contributed by atoms with Gasteiger partial charge in [-0.15, -0.1) is 0 Å². The Hall–Kier alpha value is -1.75. The highest BCUT2D eigenvalue weighted by atomic mass is 35.5. The summed E-state index contributed by atoms with van der Waals surface area (Å²) in [5.74, 6) is 0.147. The van der Waals surface area contributed by atoms with Crippen LogP contribution in [0.1, 0.15) is 23.2 Å². The number of esters is 1. The second kappa shape index (κ2) is 6.80. The number of hydrogen-bond acceptors (Lipinski definition) is 4. The van der Waals surface area contributed by atoms with Crippen molar-refractivity contribution in [2.75, 3.05) is 27.3 Å². The lowest BCUT2D eigenvalue weighted by atomic mass is 9.96. The van der Waals surface area contributed by atoms with Gasteiger partial charge in [0, 0.05) is 18.7 Å². The quantitative estimate of drug-likeness (QED) is 0.804. The minimum absolute atomic E-state index is 0.0807. The van der Waals surface area contributed by atoms with Crippen LogP contribution in [0.15, 0.2) is 18.2 Å². The monoisotopic (exact) mass is 311 g/mol. The molecule has 0 spiro atoms. The lowest BCUT2D eigenvalue weighted by Crippen LogP contribution is -2.40. The van der Waals surface area contributed by atoms with Crippen molar-refractivity contribution in [3.63, 3.8) is 0 Å². The Kier molecular flexibility index (Phi) is 5.07. The van der Waals surface area contributed by atoms with E-state index >= 15 is 0 Å². The Balaban J connectivity index is 2.02. The largest absolute Gasteiger partial charge is 0.495 e. The van der Waals surface area contributed by atoms with Gasteiger partial charge in [-0.05, 0) is 31.0 Å². The Bertz CT molecular complexity index is 538. The molecule has 0 unspecified atom stereocenters. The average molecular weight is 312 g/mol. The van der Waals surface area contributed by atoms with E-state index in [9.17, 15) is 9.59 Å². The van der Waals surface area contributed by atoms with Crippen LogP contribution >= 0.6 is 11.6 Å². The fourth-order valence-electron chi connectivity index (χ4n) is 2.47. The summed E-state index contributed by atoms with van der Waals surface area (Å²) < 4.78 is 9.81. The zero-order chi connectivity index (χ0) is 15.4. The first-order valence-electron chi connectivity index (χ1n) is 6.77. The van der Waals surface area contributed by atoms with Crippen LogP contribution in [0.4, 0.5) is 0 Å². The van der Waals surface area contributed by atoms with Crippen LogP contribution in [0.5, 0.6) is 5.75 Å². The van der Waals surface area contributed by atoms with Gasteiger partial charge in [0.2, 0.25) is 0 Å². The van der Waals surface area contributed by atoms with E-state index in [1.807, 2.05) is 0 Å². The zero-order valence-electron chi connectivity index (χ0n) is 12.1. The van der Waals surface area contributed by atoms with Gasteiger partial charge in [0.15, 0.2) is 0 Å². The third kappa shape index (κ3) is 3.47. The number of benzene rings is 1. The summed E-state index contributed by atoms with van der Waals surface area (Å²) in [5.41, 5.74) is 0.525. The van der Waals surface area contributed by atoms with Crippen molar-refractivity contribution in [3.8, 4) is 5.75 Å². The van der Waals surface area contributed by atoms with Gasteiger partial charge in [0.05, 0.1) is 25.2 Å². The Labute approximate surface area is 128 Å². The molecule has 1 aliphatic rings. The number of ether oxygens (including phenoxy) is 2.